The molecule has 0 nitrogen and oxygen atoms in total. The molecule has 0 saturated carbocycles. The molecule has 0 amide bonds. The first-order valence-electron chi connectivity index (χ1n) is 6.81. The second kappa shape index (κ2) is 8.91. The zero-order chi connectivity index (χ0) is 14.0. The van der Waals surface area contributed by atoms with E-state index in [0.717, 1.165) is 12.8 Å². The first-order chi connectivity index (χ1) is 8.49. The van der Waals surface area contributed by atoms with Crippen LogP contribution in [0.2, 0.25) is 0 Å². The van der Waals surface area contributed by atoms with Gasteiger partial charge in [-0.15, -0.1) is 0 Å². The van der Waals surface area contributed by atoms with E-state index in [1.54, 1.807) is 12.2 Å². The quantitative estimate of drug-likeness (QED) is 0.341. The molecule has 0 saturated heterocycles. The number of hydrogen-bond donors (Lipinski definition) is 0. The normalized spacial score (nSPS) is 13.6. The fraction of sp³-hybridized carbons (Fsp3) is 0.529. The van der Waals surface area contributed by atoms with Gasteiger partial charge in [0.05, 0.1) is 0 Å². The average molecular weight is 250 g/mol. The van der Waals surface area contributed by atoms with Crippen molar-refractivity contribution in [1.29, 1.82) is 0 Å². The number of allylic oxidation sites excluding steroid dienone is 6. The van der Waals surface area contributed by atoms with E-state index in [0.29, 0.717) is 5.57 Å². The van der Waals surface area contributed by atoms with Gasteiger partial charge in [0.2, 0.25) is 0 Å². The van der Waals surface area contributed by atoms with Crippen molar-refractivity contribution in [1.82, 2.24) is 0 Å². The van der Waals surface area contributed by atoms with Gasteiger partial charge < -0.3 is 0 Å². The molecule has 0 aromatic carbocycles. The van der Waals surface area contributed by atoms with Crippen molar-refractivity contribution >= 4 is 0 Å². The minimum absolute atomic E-state index is 0.161. The maximum atomic E-state index is 14.0. The van der Waals surface area contributed by atoms with E-state index in [-0.39, 0.29) is 11.2 Å². The van der Waals surface area contributed by atoms with Crippen molar-refractivity contribution in [2.75, 3.05) is 0 Å². The summed E-state index contributed by atoms with van der Waals surface area (Å²) in [5.41, 5.74) is 0.555. The highest BCUT2D eigenvalue weighted by molar-refractivity contribution is 5.35. The molecular weight excluding hydrogens is 223 g/mol. The molecule has 0 fully saturated rings. The Morgan fingerprint density at radius 1 is 1.06 bits per heavy atom. The summed E-state index contributed by atoms with van der Waals surface area (Å²) in [6.45, 7) is 13.6. The van der Waals surface area contributed by atoms with Crippen molar-refractivity contribution < 1.29 is 4.39 Å². The SMILES string of the molecule is C=C/C=C(\C(F)=C/C=C)C(C)(C)CCCCCC. The highest BCUT2D eigenvalue weighted by Crippen LogP contribution is 2.37. The van der Waals surface area contributed by atoms with Crippen LogP contribution < -0.4 is 0 Å². The van der Waals surface area contributed by atoms with Crippen LogP contribution in [-0.2, 0) is 0 Å². The number of halogens is 1. The summed E-state index contributed by atoms with van der Waals surface area (Å²) in [6.07, 6.45) is 12.1. The largest absolute Gasteiger partial charge is 0.207 e. The molecule has 0 unspecified atom stereocenters. The molecule has 1 heteroatoms. The summed E-state index contributed by atoms with van der Waals surface area (Å²) < 4.78 is 14.0. The van der Waals surface area contributed by atoms with Gasteiger partial charge in [-0.2, -0.15) is 0 Å². The fourth-order valence-corrected chi connectivity index (χ4v) is 2.07. The third kappa shape index (κ3) is 6.00. The summed E-state index contributed by atoms with van der Waals surface area (Å²) in [4.78, 5) is 0. The molecule has 0 radical (unpaired) electrons. The molecular formula is C17H27F. The third-order valence-electron chi connectivity index (χ3n) is 3.19. The Kier molecular flexibility index (Phi) is 8.36. The molecule has 0 aromatic heterocycles. The van der Waals surface area contributed by atoms with E-state index in [2.05, 4.69) is 33.9 Å². The van der Waals surface area contributed by atoms with E-state index >= 15 is 0 Å². The van der Waals surface area contributed by atoms with E-state index in [9.17, 15) is 4.39 Å². The molecule has 102 valence electrons. The van der Waals surface area contributed by atoms with Crippen LogP contribution in [0.1, 0.15) is 52.9 Å². The van der Waals surface area contributed by atoms with Crippen LogP contribution in [0.25, 0.3) is 0 Å². The molecule has 0 aliphatic heterocycles. The summed E-state index contributed by atoms with van der Waals surface area (Å²) >= 11 is 0. The van der Waals surface area contributed by atoms with Crippen LogP contribution in [0.5, 0.6) is 0 Å². The Morgan fingerprint density at radius 2 is 1.67 bits per heavy atom. The van der Waals surface area contributed by atoms with Crippen molar-refractivity contribution in [2.24, 2.45) is 5.41 Å². The van der Waals surface area contributed by atoms with Gasteiger partial charge in [-0.25, -0.2) is 4.39 Å². The summed E-state index contributed by atoms with van der Waals surface area (Å²) in [5.74, 6) is -0.203. The number of rotatable bonds is 9. The molecule has 18 heavy (non-hydrogen) atoms. The molecule has 0 aliphatic rings. The molecule has 0 aliphatic carbocycles. The van der Waals surface area contributed by atoms with Gasteiger partial charge in [-0.3, -0.25) is 0 Å². The van der Waals surface area contributed by atoms with Gasteiger partial charge >= 0.3 is 0 Å². The fourth-order valence-electron chi connectivity index (χ4n) is 2.07. The van der Waals surface area contributed by atoms with Crippen molar-refractivity contribution in [3.05, 3.63) is 48.9 Å². The molecule has 0 heterocycles. The van der Waals surface area contributed by atoms with E-state index in [1.165, 1.54) is 31.4 Å². The Bertz CT molecular complexity index is 319. The average Bonchev–Trinajstić information content (AvgIpc) is 2.31. The molecule has 0 N–H and O–H groups in total. The monoisotopic (exact) mass is 250 g/mol. The Morgan fingerprint density at radius 3 is 2.17 bits per heavy atom. The van der Waals surface area contributed by atoms with Crippen molar-refractivity contribution in [2.45, 2.75) is 52.9 Å². The van der Waals surface area contributed by atoms with E-state index in [1.807, 2.05) is 0 Å². The van der Waals surface area contributed by atoms with Crippen LogP contribution in [0, 0.1) is 5.41 Å². The van der Waals surface area contributed by atoms with Crippen molar-refractivity contribution in [3.63, 3.8) is 0 Å². The summed E-state index contributed by atoms with van der Waals surface area (Å²) in [6, 6.07) is 0. The zero-order valence-electron chi connectivity index (χ0n) is 12.1. The Balaban J connectivity index is 4.77. The lowest BCUT2D eigenvalue weighted by atomic mass is 9.78. The molecule has 0 spiro atoms. The van der Waals surface area contributed by atoms with E-state index < -0.39 is 0 Å². The summed E-state index contributed by atoms with van der Waals surface area (Å²) in [5, 5.41) is 0. The molecule has 0 atom stereocenters. The first kappa shape index (κ1) is 16.9. The van der Waals surface area contributed by atoms with Gasteiger partial charge in [-0.1, -0.05) is 77.8 Å². The minimum atomic E-state index is -0.203. The topological polar surface area (TPSA) is 0 Å². The Labute approximate surface area is 112 Å². The van der Waals surface area contributed by atoms with Crippen LogP contribution in [0.15, 0.2) is 48.9 Å². The smallest absolute Gasteiger partial charge is 0.126 e. The summed E-state index contributed by atoms with van der Waals surface area (Å²) in [7, 11) is 0. The number of hydrogen-bond acceptors (Lipinski definition) is 0. The third-order valence-corrected chi connectivity index (χ3v) is 3.19. The highest BCUT2D eigenvalue weighted by Gasteiger charge is 2.25. The molecule has 0 bridgehead atoms. The standard InChI is InChI=1S/C17H27F/c1-6-9-10-11-14-17(4,5)15(12-7-2)16(18)13-8-3/h7-8,12-13H,2-3,6,9-11,14H2,1,4-5H3/b15-12+,16-13+. The van der Waals surface area contributed by atoms with Gasteiger partial charge in [0, 0.05) is 0 Å². The Hall–Kier alpha value is -1.11. The first-order valence-corrected chi connectivity index (χ1v) is 6.81. The lowest BCUT2D eigenvalue weighted by Crippen LogP contribution is -2.15. The highest BCUT2D eigenvalue weighted by atomic mass is 19.1. The molecule has 0 rings (SSSR count). The van der Waals surface area contributed by atoms with Gasteiger partial charge in [0.1, 0.15) is 5.83 Å². The maximum absolute atomic E-state index is 14.0. The zero-order valence-corrected chi connectivity index (χ0v) is 12.1. The van der Waals surface area contributed by atoms with Crippen molar-refractivity contribution in [3.8, 4) is 0 Å². The second-order valence-corrected chi connectivity index (χ2v) is 5.26. The van der Waals surface area contributed by atoms with Crippen LogP contribution >= 0.6 is 0 Å². The van der Waals surface area contributed by atoms with Gasteiger partial charge in [0.25, 0.3) is 0 Å². The molecule has 0 aromatic rings. The van der Waals surface area contributed by atoms with Crippen LogP contribution in [-0.4, -0.2) is 0 Å². The number of unbranched alkanes of at least 4 members (excludes halogenated alkanes) is 3. The predicted octanol–water partition coefficient (Wildman–Crippen LogP) is 6.13. The second-order valence-electron chi connectivity index (χ2n) is 5.26. The van der Waals surface area contributed by atoms with Crippen LogP contribution in [0.3, 0.4) is 0 Å². The minimum Gasteiger partial charge on any atom is -0.207 e. The van der Waals surface area contributed by atoms with Crippen LogP contribution in [0.4, 0.5) is 4.39 Å². The predicted molar refractivity (Wildman–Crippen MR) is 80.2 cm³/mol. The maximum Gasteiger partial charge on any atom is 0.126 e. The van der Waals surface area contributed by atoms with Gasteiger partial charge in [0.15, 0.2) is 0 Å². The lowest BCUT2D eigenvalue weighted by Gasteiger charge is -2.27. The lowest BCUT2D eigenvalue weighted by molar-refractivity contribution is 0.374. The van der Waals surface area contributed by atoms with Gasteiger partial charge in [-0.05, 0) is 23.5 Å². The van der Waals surface area contributed by atoms with E-state index in [4.69, 9.17) is 0 Å².